The third-order valence-corrected chi connectivity index (χ3v) is 6.83. The van der Waals surface area contributed by atoms with Crippen LogP contribution in [0, 0.1) is 23.4 Å². The Morgan fingerprint density at radius 3 is 2.41 bits per heavy atom. The summed E-state index contributed by atoms with van der Waals surface area (Å²) in [5.74, 6) is -1.84. The van der Waals surface area contributed by atoms with Gasteiger partial charge in [-0.05, 0) is 74.2 Å². The monoisotopic (exact) mass is 400 g/mol. The van der Waals surface area contributed by atoms with Gasteiger partial charge < -0.3 is 10.2 Å². The molecule has 6 heteroatoms. The first-order chi connectivity index (χ1) is 14.0. The second kappa shape index (κ2) is 6.87. The zero-order valence-electron chi connectivity index (χ0n) is 16.1. The fraction of sp³-hybridized carbons (Fsp3) is 0.435. The maximum atomic E-state index is 14.5. The third-order valence-electron chi connectivity index (χ3n) is 6.83. The average molecular weight is 400 g/mol. The Labute approximate surface area is 167 Å². The molecule has 2 aromatic rings. The summed E-state index contributed by atoms with van der Waals surface area (Å²) >= 11 is 0. The van der Waals surface area contributed by atoms with E-state index in [0.717, 1.165) is 62.9 Å². The van der Waals surface area contributed by atoms with Crippen LogP contribution in [0.1, 0.15) is 48.0 Å². The molecule has 2 aliphatic heterocycles. The van der Waals surface area contributed by atoms with Crippen molar-refractivity contribution in [2.75, 3.05) is 18.0 Å². The summed E-state index contributed by atoms with van der Waals surface area (Å²) in [5.41, 5.74) is 1.03. The number of hydrogen-bond donors (Lipinski definition) is 1. The van der Waals surface area contributed by atoms with Crippen LogP contribution in [0.3, 0.4) is 0 Å². The van der Waals surface area contributed by atoms with Gasteiger partial charge in [-0.15, -0.1) is 0 Å². The van der Waals surface area contributed by atoms with Gasteiger partial charge in [0.05, 0.1) is 5.56 Å². The van der Waals surface area contributed by atoms with Gasteiger partial charge in [-0.25, -0.2) is 13.2 Å². The van der Waals surface area contributed by atoms with Crippen molar-refractivity contribution in [1.82, 2.24) is 5.32 Å². The molecule has 1 N–H and O–H groups in total. The zero-order chi connectivity index (χ0) is 20.2. The van der Waals surface area contributed by atoms with E-state index in [0.29, 0.717) is 11.6 Å². The summed E-state index contributed by atoms with van der Waals surface area (Å²) < 4.78 is 42.1. The van der Waals surface area contributed by atoms with Crippen molar-refractivity contribution in [1.29, 1.82) is 0 Å². The number of nitrogens with zero attached hydrogens (tertiary/aromatic N) is 1. The molecule has 1 saturated carbocycles. The molecule has 1 saturated heterocycles. The van der Waals surface area contributed by atoms with Gasteiger partial charge in [0.1, 0.15) is 17.5 Å². The molecule has 3 nitrogen and oxygen atoms in total. The molecule has 2 heterocycles. The number of benzene rings is 2. The number of carbonyl (C=O) groups excluding carboxylic acids is 1. The summed E-state index contributed by atoms with van der Waals surface area (Å²) in [4.78, 5) is 15.2. The fourth-order valence-corrected chi connectivity index (χ4v) is 5.23. The Morgan fingerprint density at radius 2 is 1.72 bits per heavy atom. The molecule has 152 valence electrons. The Hall–Kier alpha value is -2.34. The Morgan fingerprint density at radius 1 is 1.03 bits per heavy atom. The molecule has 5 rings (SSSR count). The number of amides is 1. The van der Waals surface area contributed by atoms with Crippen LogP contribution < -0.4 is 10.2 Å². The van der Waals surface area contributed by atoms with E-state index in [2.05, 4.69) is 5.32 Å². The van der Waals surface area contributed by atoms with E-state index in [4.69, 9.17) is 0 Å². The van der Waals surface area contributed by atoms with Crippen LogP contribution in [-0.2, 0) is 5.41 Å². The molecule has 0 aromatic heterocycles. The van der Waals surface area contributed by atoms with E-state index in [1.807, 2.05) is 0 Å². The molecule has 0 radical (unpaired) electrons. The van der Waals surface area contributed by atoms with E-state index in [9.17, 15) is 18.0 Å². The average Bonchev–Trinajstić information content (AvgIpc) is 3.49. The van der Waals surface area contributed by atoms with Crippen LogP contribution in [-0.4, -0.2) is 25.0 Å². The molecule has 1 atom stereocenters. The minimum atomic E-state index is -0.866. The van der Waals surface area contributed by atoms with Crippen molar-refractivity contribution in [3.8, 4) is 0 Å². The predicted octanol–water partition coefficient (Wildman–Crippen LogP) is 4.55. The normalized spacial score (nSPS) is 22.7. The molecule has 2 aromatic carbocycles. The quantitative estimate of drug-likeness (QED) is 0.820. The highest BCUT2D eigenvalue weighted by atomic mass is 19.1. The number of halogens is 3. The Balaban J connectivity index is 1.65. The van der Waals surface area contributed by atoms with Gasteiger partial charge in [-0.3, -0.25) is 4.79 Å². The summed E-state index contributed by atoms with van der Waals surface area (Å²) in [6, 6.07) is 7.45. The van der Waals surface area contributed by atoms with Crippen molar-refractivity contribution >= 4 is 11.6 Å². The minimum Gasteiger partial charge on any atom is -0.317 e. The molecule has 29 heavy (non-hydrogen) atoms. The van der Waals surface area contributed by atoms with E-state index in [-0.39, 0.29) is 22.8 Å². The summed E-state index contributed by atoms with van der Waals surface area (Å²) in [6.45, 7) is 1.59. The molecule has 1 spiro atoms. The van der Waals surface area contributed by atoms with E-state index < -0.39 is 17.5 Å². The van der Waals surface area contributed by atoms with Gasteiger partial charge in [0.25, 0.3) is 5.91 Å². The molecule has 3 aliphatic rings. The SMILES string of the molecule is O=C(c1ccc(F)cc1F)N1c2ccc(F)cc2C2(CCNCC2)[C@H]1CC1CC1. The third kappa shape index (κ3) is 3.05. The van der Waals surface area contributed by atoms with Crippen LogP contribution in [0.4, 0.5) is 18.9 Å². The maximum absolute atomic E-state index is 14.5. The van der Waals surface area contributed by atoms with E-state index in [1.54, 1.807) is 17.0 Å². The number of piperidine rings is 1. The van der Waals surface area contributed by atoms with Crippen molar-refractivity contribution in [3.63, 3.8) is 0 Å². The van der Waals surface area contributed by atoms with Crippen molar-refractivity contribution in [2.45, 2.75) is 43.6 Å². The summed E-state index contributed by atoms with van der Waals surface area (Å²) in [5, 5.41) is 3.36. The number of rotatable bonds is 3. The van der Waals surface area contributed by atoms with Crippen LogP contribution in [0.5, 0.6) is 0 Å². The first-order valence-corrected chi connectivity index (χ1v) is 10.3. The standard InChI is InChI=1S/C23H23F3N2O/c24-15-4-6-20-18(12-15)23(7-9-27-10-8-23)21(11-14-1-2-14)28(20)22(29)17-5-3-16(25)13-19(17)26/h3-6,12-14,21,27H,1-2,7-11H2/t21-/m1/s1. The molecule has 1 aliphatic carbocycles. The first kappa shape index (κ1) is 18.7. The van der Waals surface area contributed by atoms with Crippen LogP contribution in [0.2, 0.25) is 0 Å². The van der Waals surface area contributed by atoms with Gasteiger partial charge in [-0.2, -0.15) is 0 Å². The molecule has 0 unspecified atom stereocenters. The lowest BCUT2D eigenvalue weighted by Crippen LogP contribution is -2.52. The Kier molecular flexibility index (Phi) is 4.42. The van der Waals surface area contributed by atoms with E-state index in [1.165, 1.54) is 12.1 Å². The Bertz CT molecular complexity index is 967. The second-order valence-electron chi connectivity index (χ2n) is 8.56. The topological polar surface area (TPSA) is 32.3 Å². The highest BCUT2D eigenvalue weighted by Gasteiger charge is 2.54. The largest absolute Gasteiger partial charge is 0.317 e. The van der Waals surface area contributed by atoms with Gasteiger partial charge in [0.15, 0.2) is 0 Å². The number of carbonyl (C=O) groups is 1. The number of fused-ring (bicyclic) bond motifs is 2. The maximum Gasteiger partial charge on any atom is 0.261 e. The van der Waals surface area contributed by atoms with Crippen molar-refractivity contribution in [3.05, 3.63) is 65.0 Å². The molecular formula is C23H23F3N2O. The lowest BCUT2D eigenvalue weighted by molar-refractivity contribution is 0.0956. The fourth-order valence-electron chi connectivity index (χ4n) is 5.23. The second-order valence-corrected chi connectivity index (χ2v) is 8.56. The molecule has 1 amide bonds. The zero-order valence-corrected chi connectivity index (χ0v) is 16.1. The molecular weight excluding hydrogens is 377 g/mol. The van der Waals surface area contributed by atoms with Gasteiger partial charge in [-0.1, -0.05) is 12.8 Å². The number of hydrogen-bond acceptors (Lipinski definition) is 2. The summed E-state index contributed by atoms with van der Waals surface area (Å²) in [6.07, 6.45) is 4.68. The first-order valence-electron chi connectivity index (χ1n) is 10.3. The van der Waals surface area contributed by atoms with Crippen LogP contribution in [0.15, 0.2) is 36.4 Å². The van der Waals surface area contributed by atoms with Crippen molar-refractivity contribution < 1.29 is 18.0 Å². The highest BCUT2D eigenvalue weighted by Crippen LogP contribution is 2.54. The van der Waals surface area contributed by atoms with E-state index >= 15 is 0 Å². The lowest BCUT2D eigenvalue weighted by Gasteiger charge is -2.42. The smallest absolute Gasteiger partial charge is 0.261 e. The predicted molar refractivity (Wildman–Crippen MR) is 104 cm³/mol. The van der Waals surface area contributed by atoms with Crippen molar-refractivity contribution in [2.24, 2.45) is 5.92 Å². The summed E-state index contributed by atoms with van der Waals surface area (Å²) in [7, 11) is 0. The van der Waals surface area contributed by atoms with Gasteiger partial charge >= 0.3 is 0 Å². The number of nitrogens with one attached hydrogen (secondary N) is 1. The lowest BCUT2D eigenvalue weighted by atomic mass is 9.68. The van der Waals surface area contributed by atoms with Crippen LogP contribution in [0.25, 0.3) is 0 Å². The molecule has 2 fully saturated rings. The van der Waals surface area contributed by atoms with Crippen LogP contribution >= 0.6 is 0 Å². The number of anilines is 1. The highest BCUT2D eigenvalue weighted by molar-refractivity contribution is 6.08. The van der Waals surface area contributed by atoms with Gasteiger partial charge in [0.2, 0.25) is 0 Å². The van der Waals surface area contributed by atoms with Gasteiger partial charge in [0, 0.05) is 23.2 Å². The minimum absolute atomic E-state index is 0.145. The molecule has 0 bridgehead atoms.